The Balaban J connectivity index is 1.41. The van der Waals surface area contributed by atoms with Crippen LogP contribution < -0.4 is 5.32 Å². The highest BCUT2D eigenvalue weighted by Crippen LogP contribution is 2.37. The van der Waals surface area contributed by atoms with Crippen LogP contribution in [0.2, 0.25) is 0 Å². The summed E-state index contributed by atoms with van der Waals surface area (Å²) in [6, 6.07) is 8.15. The number of thiazole rings is 1. The molecule has 1 amide bonds. The lowest BCUT2D eigenvalue weighted by Crippen LogP contribution is -2.24. The number of H-pyrrole nitrogens is 1. The van der Waals surface area contributed by atoms with Gasteiger partial charge >= 0.3 is 0 Å². The van der Waals surface area contributed by atoms with E-state index in [1.54, 1.807) is 17.8 Å². The Hall–Kier alpha value is -2.23. The van der Waals surface area contributed by atoms with Crippen molar-refractivity contribution in [1.29, 1.82) is 0 Å². The zero-order valence-electron chi connectivity index (χ0n) is 14.3. The van der Waals surface area contributed by atoms with Crippen LogP contribution in [-0.2, 0) is 24.2 Å². The number of anilines is 1. The van der Waals surface area contributed by atoms with E-state index in [-0.39, 0.29) is 11.2 Å². The zero-order valence-corrected chi connectivity index (χ0v) is 16.8. The number of amides is 1. The average Bonchev–Trinajstić information content (AvgIpc) is 3.37. The number of aromatic amines is 1. The summed E-state index contributed by atoms with van der Waals surface area (Å²) in [5, 5.41) is 12.4. The van der Waals surface area contributed by atoms with Crippen molar-refractivity contribution in [1.82, 2.24) is 19.7 Å². The van der Waals surface area contributed by atoms with E-state index in [0.717, 1.165) is 17.9 Å². The molecule has 1 aliphatic rings. The SMILES string of the molecule is C=CCn1c(Cc2csc(NC(=O)[C@H]3Cc4ccccc4S3)n2)n[nH]c1=S. The first-order chi connectivity index (χ1) is 13.1. The summed E-state index contributed by atoms with van der Waals surface area (Å²) in [5.41, 5.74) is 2.07. The van der Waals surface area contributed by atoms with E-state index in [2.05, 4.69) is 39.2 Å². The molecule has 6 nitrogen and oxygen atoms in total. The number of hydrogen-bond acceptors (Lipinski definition) is 6. The second kappa shape index (κ2) is 7.79. The van der Waals surface area contributed by atoms with Crippen molar-refractivity contribution in [2.75, 3.05) is 5.32 Å². The molecule has 0 fully saturated rings. The van der Waals surface area contributed by atoms with Gasteiger partial charge in [0.15, 0.2) is 9.90 Å². The molecule has 9 heteroatoms. The molecule has 0 aliphatic carbocycles. The fourth-order valence-corrected chi connectivity index (χ4v) is 5.06. The number of carbonyl (C=O) groups is 1. The van der Waals surface area contributed by atoms with Gasteiger partial charge in [-0.15, -0.1) is 29.7 Å². The first kappa shape index (κ1) is 18.1. The Bertz CT molecular complexity index is 1030. The molecule has 1 atom stereocenters. The predicted octanol–water partition coefficient (Wildman–Crippen LogP) is 3.83. The summed E-state index contributed by atoms with van der Waals surface area (Å²) < 4.78 is 2.44. The first-order valence-electron chi connectivity index (χ1n) is 8.39. The maximum Gasteiger partial charge on any atom is 0.239 e. The molecule has 2 N–H and O–H groups in total. The van der Waals surface area contributed by atoms with Crippen LogP contribution in [0.4, 0.5) is 5.13 Å². The number of nitrogens with zero attached hydrogens (tertiary/aromatic N) is 3. The van der Waals surface area contributed by atoms with Gasteiger partial charge in [-0.25, -0.2) is 4.98 Å². The molecule has 0 unspecified atom stereocenters. The van der Waals surface area contributed by atoms with Crippen LogP contribution in [0.5, 0.6) is 0 Å². The third-order valence-electron chi connectivity index (χ3n) is 4.21. The second-order valence-electron chi connectivity index (χ2n) is 6.07. The van der Waals surface area contributed by atoms with Gasteiger partial charge in [0.25, 0.3) is 0 Å². The Kier molecular flexibility index (Phi) is 5.24. The highest BCUT2D eigenvalue weighted by molar-refractivity contribution is 8.01. The molecular weight excluding hydrogens is 398 g/mol. The summed E-state index contributed by atoms with van der Waals surface area (Å²) >= 11 is 8.26. The van der Waals surface area contributed by atoms with Gasteiger partial charge in [-0.2, -0.15) is 5.10 Å². The molecule has 138 valence electrons. The van der Waals surface area contributed by atoms with Crippen LogP contribution in [0.25, 0.3) is 0 Å². The van der Waals surface area contributed by atoms with Crippen molar-refractivity contribution in [3.8, 4) is 0 Å². The molecule has 1 aromatic carbocycles. The minimum absolute atomic E-state index is 0.00793. The van der Waals surface area contributed by atoms with E-state index >= 15 is 0 Å². The second-order valence-corrected chi connectivity index (χ2v) is 8.56. The quantitative estimate of drug-likeness (QED) is 0.473. The van der Waals surface area contributed by atoms with Crippen molar-refractivity contribution in [2.24, 2.45) is 0 Å². The molecular formula is C18H17N5OS3. The van der Waals surface area contributed by atoms with Gasteiger partial charge in [0.1, 0.15) is 5.82 Å². The van der Waals surface area contributed by atoms with Crippen molar-refractivity contribution in [3.63, 3.8) is 0 Å². The molecule has 0 bridgehead atoms. The molecule has 4 rings (SSSR count). The molecule has 3 aromatic rings. The standard InChI is InChI=1S/C18H17N5OS3/c1-2-7-23-15(21-22-18(23)25)9-12-10-26-17(19-12)20-16(24)14-8-11-5-3-4-6-13(11)27-14/h2-6,10,14H,1,7-9H2,(H,22,25)(H,19,20,24)/t14-/m1/s1. The van der Waals surface area contributed by atoms with Crippen molar-refractivity contribution in [2.45, 2.75) is 29.5 Å². The lowest BCUT2D eigenvalue weighted by atomic mass is 10.1. The number of aromatic nitrogens is 4. The smallest absolute Gasteiger partial charge is 0.239 e. The highest BCUT2D eigenvalue weighted by Gasteiger charge is 2.28. The summed E-state index contributed by atoms with van der Waals surface area (Å²) in [7, 11) is 0. The molecule has 0 spiro atoms. The van der Waals surface area contributed by atoms with Crippen LogP contribution in [-0.4, -0.2) is 30.9 Å². The van der Waals surface area contributed by atoms with Gasteiger partial charge in [0, 0.05) is 16.8 Å². The highest BCUT2D eigenvalue weighted by atomic mass is 32.2. The van der Waals surface area contributed by atoms with E-state index in [9.17, 15) is 4.79 Å². The van der Waals surface area contributed by atoms with Gasteiger partial charge in [0.05, 0.1) is 17.4 Å². The number of hydrogen-bond donors (Lipinski definition) is 2. The van der Waals surface area contributed by atoms with E-state index in [4.69, 9.17) is 12.2 Å². The number of benzene rings is 1. The van der Waals surface area contributed by atoms with Gasteiger partial charge in [0.2, 0.25) is 5.91 Å². The number of allylic oxidation sites excluding steroid dienone is 1. The number of rotatable bonds is 6. The molecule has 0 saturated carbocycles. The van der Waals surface area contributed by atoms with Gasteiger partial charge < -0.3 is 5.32 Å². The molecule has 0 radical (unpaired) electrons. The normalized spacial score (nSPS) is 15.5. The maximum absolute atomic E-state index is 12.6. The van der Waals surface area contributed by atoms with Crippen molar-refractivity contribution < 1.29 is 4.79 Å². The Morgan fingerprint density at radius 1 is 1.48 bits per heavy atom. The number of fused-ring (bicyclic) bond motifs is 1. The number of nitrogens with one attached hydrogen (secondary N) is 2. The minimum atomic E-state index is -0.112. The maximum atomic E-state index is 12.6. The molecule has 27 heavy (non-hydrogen) atoms. The summed E-state index contributed by atoms with van der Waals surface area (Å²) in [5.74, 6) is 0.788. The first-order valence-corrected chi connectivity index (χ1v) is 10.6. The van der Waals surface area contributed by atoms with Crippen molar-refractivity contribution in [3.05, 3.63) is 64.2 Å². The van der Waals surface area contributed by atoms with E-state index in [1.807, 2.05) is 22.1 Å². The fraction of sp³-hybridized carbons (Fsp3) is 0.222. The zero-order chi connectivity index (χ0) is 18.8. The average molecular weight is 416 g/mol. The van der Waals surface area contributed by atoms with Crippen LogP contribution >= 0.6 is 35.3 Å². The van der Waals surface area contributed by atoms with Crippen molar-refractivity contribution >= 4 is 46.4 Å². The third-order valence-corrected chi connectivity index (χ3v) is 6.65. The van der Waals surface area contributed by atoms with E-state index in [0.29, 0.717) is 22.9 Å². The van der Waals surface area contributed by atoms with Crippen LogP contribution in [0.3, 0.4) is 0 Å². The number of thioether (sulfide) groups is 1. The topological polar surface area (TPSA) is 75.6 Å². The Morgan fingerprint density at radius 3 is 3.15 bits per heavy atom. The molecule has 2 aromatic heterocycles. The fourth-order valence-electron chi connectivity index (χ4n) is 2.92. The minimum Gasteiger partial charge on any atom is -0.301 e. The van der Waals surface area contributed by atoms with Crippen LogP contribution in [0, 0.1) is 4.77 Å². The van der Waals surface area contributed by atoms with Gasteiger partial charge in [-0.05, 0) is 30.3 Å². The van der Waals surface area contributed by atoms with E-state index < -0.39 is 0 Å². The lowest BCUT2D eigenvalue weighted by Gasteiger charge is -2.07. The summed E-state index contributed by atoms with van der Waals surface area (Å²) in [6.07, 6.45) is 3.07. The molecule has 3 heterocycles. The third kappa shape index (κ3) is 3.90. The summed E-state index contributed by atoms with van der Waals surface area (Å²) in [6.45, 7) is 4.34. The van der Waals surface area contributed by atoms with Crippen LogP contribution in [0.15, 0.2) is 47.2 Å². The Morgan fingerprint density at radius 2 is 2.33 bits per heavy atom. The monoisotopic (exact) mass is 415 g/mol. The summed E-state index contributed by atoms with van der Waals surface area (Å²) in [4.78, 5) is 18.3. The van der Waals surface area contributed by atoms with Gasteiger partial charge in [-0.1, -0.05) is 24.3 Å². The van der Waals surface area contributed by atoms with E-state index in [1.165, 1.54) is 21.8 Å². The van der Waals surface area contributed by atoms with Gasteiger partial charge in [-0.3, -0.25) is 14.5 Å². The largest absolute Gasteiger partial charge is 0.301 e. The predicted molar refractivity (Wildman–Crippen MR) is 111 cm³/mol. The van der Waals surface area contributed by atoms with Crippen LogP contribution in [0.1, 0.15) is 17.1 Å². The lowest BCUT2D eigenvalue weighted by molar-refractivity contribution is -0.115. The Labute approximate surface area is 169 Å². The number of carbonyl (C=O) groups excluding carboxylic acids is 1. The molecule has 0 saturated heterocycles. The molecule has 1 aliphatic heterocycles.